The van der Waals surface area contributed by atoms with Crippen LogP contribution in [0.2, 0.25) is 0 Å². The second-order valence-electron chi connectivity index (χ2n) is 7.91. The Morgan fingerprint density at radius 3 is 2.76 bits per heavy atom. The van der Waals surface area contributed by atoms with E-state index in [1.54, 1.807) is 6.07 Å². The number of hydrogen-bond acceptors (Lipinski definition) is 4. The molecule has 0 amide bonds. The molecule has 0 radical (unpaired) electrons. The van der Waals surface area contributed by atoms with Crippen molar-refractivity contribution in [2.75, 3.05) is 51.3 Å². The van der Waals surface area contributed by atoms with Crippen molar-refractivity contribution in [2.24, 2.45) is 22.7 Å². The molecule has 6 nitrogen and oxygen atoms in total. The average Bonchev–Trinajstić information content (AvgIpc) is 3.33. The molecule has 2 aliphatic heterocycles. The minimum atomic E-state index is -0.825. The molecule has 3 unspecified atom stereocenters. The highest BCUT2D eigenvalue weighted by atomic mass is 19.2. The second kappa shape index (κ2) is 9.41. The Kier molecular flexibility index (Phi) is 6.92. The molecule has 3 rings (SSSR count). The number of likely N-dealkylation sites (tertiary alicyclic amines) is 1. The highest BCUT2D eigenvalue weighted by molar-refractivity contribution is 5.82. The van der Waals surface area contributed by atoms with Crippen molar-refractivity contribution in [3.8, 4) is 0 Å². The molecule has 3 atom stereocenters. The van der Waals surface area contributed by atoms with E-state index in [4.69, 9.17) is 9.73 Å². The zero-order chi connectivity index (χ0) is 21.0. The van der Waals surface area contributed by atoms with Crippen molar-refractivity contribution in [1.82, 2.24) is 10.2 Å². The fourth-order valence-corrected chi connectivity index (χ4v) is 4.14. The molecule has 1 aromatic rings. The number of guanidine groups is 1. The van der Waals surface area contributed by atoms with E-state index in [-0.39, 0.29) is 17.8 Å². The lowest BCUT2D eigenvalue weighted by molar-refractivity contribution is -0.145. The van der Waals surface area contributed by atoms with Crippen molar-refractivity contribution in [3.63, 3.8) is 0 Å². The van der Waals surface area contributed by atoms with Crippen LogP contribution in [0.15, 0.2) is 23.2 Å². The minimum absolute atomic E-state index is 0.140. The molecular weight excluding hydrogens is 378 g/mol. The van der Waals surface area contributed by atoms with Gasteiger partial charge in [-0.3, -0.25) is 9.79 Å². The third-order valence-corrected chi connectivity index (χ3v) is 5.80. The molecule has 2 heterocycles. The molecule has 8 heteroatoms. The zero-order valence-electron chi connectivity index (χ0n) is 17.3. The van der Waals surface area contributed by atoms with Gasteiger partial charge in [0.1, 0.15) is 0 Å². The van der Waals surface area contributed by atoms with Gasteiger partial charge < -0.3 is 19.9 Å². The smallest absolute Gasteiger partial charge is 0.310 e. The van der Waals surface area contributed by atoms with Crippen LogP contribution in [0.3, 0.4) is 0 Å². The molecular formula is C21H30F2N4O2. The maximum absolute atomic E-state index is 13.5. The fraction of sp³-hybridized carbons (Fsp3) is 0.619. The van der Waals surface area contributed by atoms with Crippen LogP contribution in [0.1, 0.15) is 20.3 Å². The predicted octanol–water partition coefficient (Wildman–Crippen LogP) is 2.50. The lowest BCUT2D eigenvalue weighted by atomic mass is 9.99. The van der Waals surface area contributed by atoms with Crippen molar-refractivity contribution in [2.45, 2.75) is 20.3 Å². The summed E-state index contributed by atoms with van der Waals surface area (Å²) in [4.78, 5) is 21.0. The molecule has 1 N–H and O–H groups in total. The lowest BCUT2D eigenvalue weighted by Gasteiger charge is -2.22. The fourth-order valence-electron chi connectivity index (χ4n) is 4.14. The van der Waals surface area contributed by atoms with Crippen LogP contribution in [0, 0.1) is 29.4 Å². The van der Waals surface area contributed by atoms with Crippen LogP contribution < -0.4 is 10.2 Å². The number of aliphatic imine (C=N–C) groups is 1. The first-order valence-corrected chi connectivity index (χ1v) is 10.2. The van der Waals surface area contributed by atoms with E-state index in [0.29, 0.717) is 24.7 Å². The molecule has 0 aromatic heterocycles. The number of methoxy groups -OCH3 is 1. The summed E-state index contributed by atoms with van der Waals surface area (Å²) in [6, 6.07) is 4.04. The number of hydrogen-bond donors (Lipinski definition) is 1. The zero-order valence-corrected chi connectivity index (χ0v) is 17.3. The molecule has 0 spiro atoms. The van der Waals surface area contributed by atoms with Crippen LogP contribution >= 0.6 is 0 Å². The van der Waals surface area contributed by atoms with E-state index in [0.717, 1.165) is 38.6 Å². The van der Waals surface area contributed by atoms with Crippen LogP contribution in [0.25, 0.3) is 0 Å². The van der Waals surface area contributed by atoms with Crippen molar-refractivity contribution < 1.29 is 18.3 Å². The molecule has 1 aromatic carbocycles. The van der Waals surface area contributed by atoms with Crippen LogP contribution in [-0.2, 0) is 9.53 Å². The predicted molar refractivity (Wildman–Crippen MR) is 109 cm³/mol. The summed E-state index contributed by atoms with van der Waals surface area (Å²) in [6.07, 6.45) is 0.948. The maximum atomic E-state index is 13.5. The van der Waals surface area contributed by atoms with Crippen molar-refractivity contribution in [3.05, 3.63) is 29.8 Å². The van der Waals surface area contributed by atoms with Crippen LogP contribution in [0.5, 0.6) is 0 Å². The third-order valence-electron chi connectivity index (χ3n) is 5.80. The Morgan fingerprint density at radius 1 is 1.28 bits per heavy atom. The first kappa shape index (κ1) is 21.3. The number of esters is 1. The summed E-state index contributed by atoms with van der Waals surface area (Å²) >= 11 is 0. The summed E-state index contributed by atoms with van der Waals surface area (Å²) in [5.74, 6) is -0.587. The first-order chi connectivity index (χ1) is 13.9. The largest absolute Gasteiger partial charge is 0.469 e. The Morgan fingerprint density at radius 2 is 2.07 bits per heavy atom. The van der Waals surface area contributed by atoms with Gasteiger partial charge in [-0.2, -0.15) is 0 Å². The van der Waals surface area contributed by atoms with E-state index in [1.807, 2.05) is 6.92 Å². The number of anilines is 1. The lowest BCUT2D eigenvalue weighted by Crippen LogP contribution is -2.41. The van der Waals surface area contributed by atoms with Gasteiger partial charge in [0.2, 0.25) is 0 Å². The number of carbonyl (C=O) groups excluding carboxylic acids is 1. The van der Waals surface area contributed by atoms with Gasteiger partial charge in [0, 0.05) is 51.0 Å². The molecule has 2 saturated heterocycles. The number of halogens is 2. The molecule has 29 heavy (non-hydrogen) atoms. The number of carbonyl (C=O) groups is 1. The van der Waals surface area contributed by atoms with Gasteiger partial charge in [0.15, 0.2) is 17.6 Å². The van der Waals surface area contributed by atoms with Crippen LogP contribution in [0.4, 0.5) is 14.5 Å². The summed E-state index contributed by atoms with van der Waals surface area (Å²) in [6.45, 7) is 8.40. The maximum Gasteiger partial charge on any atom is 0.310 e. The van der Waals surface area contributed by atoms with Crippen molar-refractivity contribution in [1.29, 1.82) is 0 Å². The number of rotatable bonds is 5. The molecule has 2 aliphatic rings. The summed E-state index contributed by atoms with van der Waals surface area (Å²) in [5.41, 5.74) is 0.705. The number of ether oxygens (including phenoxy) is 1. The summed E-state index contributed by atoms with van der Waals surface area (Å²) in [7, 11) is 1.43. The third kappa shape index (κ3) is 4.97. The Hall–Kier alpha value is -2.38. The molecule has 0 saturated carbocycles. The van der Waals surface area contributed by atoms with E-state index >= 15 is 0 Å². The monoisotopic (exact) mass is 408 g/mol. The summed E-state index contributed by atoms with van der Waals surface area (Å²) in [5, 5.41) is 3.32. The number of benzene rings is 1. The molecule has 0 aliphatic carbocycles. The van der Waals surface area contributed by atoms with Gasteiger partial charge >= 0.3 is 5.97 Å². The second-order valence-corrected chi connectivity index (χ2v) is 7.91. The molecule has 2 fully saturated rings. The van der Waals surface area contributed by atoms with E-state index in [2.05, 4.69) is 22.0 Å². The number of nitrogens with zero attached hydrogens (tertiary/aromatic N) is 3. The van der Waals surface area contributed by atoms with Crippen molar-refractivity contribution >= 4 is 17.6 Å². The standard InChI is InChI=1S/C21H30F2N4O2/c1-4-24-21(27-11-14(2)17(13-27)20(28)29-3)25-10-15-7-8-26(12-15)16-5-6-18(22)19(23)9-16/h5-6,9,14-15,17H,4,7-8,10-13H2,1-3H3,(H,24,25). The van der Waals surface area contributed by atoms with Crippen LogP contribution in [-0.4, -0.2) is 63.2 Å². The quantitative estimate of drug-likeness (QED) is 0.461. The van der Waals surface area contributed by atoms with E-state index in [9.17, 15) is 13.6 Å². The highest BCUT2D eigenvalue weighted by Crippen LogP contribution is 2.27. The number of nitrogens with one attached hydrogen (secondary N) is 1. The minimum Gasteiger partial charge on any atom is -0.469 e. The van der Waals surface area contributed by atoms with E-state index in [1.165, 1.54) is 19.2 Å². The van der Waals surface area contributed by atoms with Gasteiger partial charge in [-0.05, 0) is 37.3 Å². The topological polar surface area (TPSA) is 57.2 Å². The van der Waals surface area contributed by atoms with Gasteiger partial charge in [0.05, 0.1) is 13.0 Å². The molecule has 160 valence electrons. The SMILES string of the molecule is CCNC(=NCC1CCN(c2ccc(F)c(F)c2)C1)N1CC(C)C(C(=O)OC)C1. The van der Waals surface area contributed by atoms with Gasteiger partial charge in [0.25, 0.3) is 0 Å². The first-order valence-electron chi connectivity index (χ1n) is 10.2. The van der Waals surface area contributed by atoms with E-state index < -0.39 is 11.6 Å². The summed E-state index contributed by atoms with van der Waals surface area (Å²) < 4.78 is 31.6. The van der Waals surface area contributed by atoms with Gasteiger partial charge in [-0.15, -0.1) is 0 Å². The Bertz CT molecular complexity index is 758. The van der Waals surface area contributed by atoms with Gasteiger partial charge in [-0.25, -0.2) is 8.78 Å². The normalized spacial score (nSPS) is 24.9. The average molecular weight is 408 g/mol. The van der Waals surface area contributed by atoms with Gasteiger partial charge in [-0.1, -0.05) is 6.92 Å². The highest BCUT2D eigenvalue weighted by Gasteiger charge is 2.37. The Labute approximate surface area is 170 Å². The molecule has 0 bridgehead atoms. The Balaban J connectivity index is 1.61.